The van der Waals surface area contributed by atoms with Crippen molar-refractivity contribution < 1.29 is 14.6 Å². The van der Waals surface area contributed by atoms with Crippen molar-refractivity contribution in [2.45, 2.75) is 24.1 Å². The molecule has 0 bridgehead atoms. The molecule has 2 heterocycles. The van der Waals surface area contributed by atoms with Crippen LogP contribution < -0.4 is 0 Å². The highest BCUT2D eigenvalue weighted by Crippen LogP contribution is 2.42. The van der Waals surface area contributed by atoms with Crippen LogP contribution in [-0.2, 0) is 24.1 Å². The van der Waals surface area contributed by atoms with E-state index < -0.39 is 0 Å². The average molecular weight is 513 g/mol. The van der Waals surface area contributed by atoms with E-state index in [0.29, 0.717) is 34.6 Å². The number of ether oxygens (including phenoxy) is 1. The quantitative estimate of drug-likeness (QED) is 0.253. The van der Waals surface area contributed by atoms with Crippen molar-refractivity contribution >= 4 is 41.0 Å². The Labute approximate surface area is 215 Å². The Morgan fingerprint density at radius 2 is 1.86 bits per heavy atom. The highest BCUT2D eigenvalue weighted by atomic mass is 35.5. The van der Waals surface area contributed by atoms with Gasteiger partial charge in [-0.05, 0) is 39.2 Å². The molecule has 0 radical (unpaired) electrons. The largest absolute Gasteiger partial charge is 0.507 e. The van der Waals surface area contributed by atoms with Crippen LogP contribution in [0.1, 0.15) is 28.5 Å². The first kappa shape index (κ1) is 26.5. The maximum absolute atomic E-state index is 13.2. The molecular formula is C26H29ClN4O3S. The van der Waals surface area contributed by atoms with E-state index in [9.17, 15) is 9.90 Å². The number of aromatic nitrogens is 3. The van der Waals surface area contributed by atoms with E-state index in [4.69, 9.17) is 4.74 Å². The Bertz CT molecular complexity index is 1310. The predicted octanol–water partition coefficient (Wildman–Crippen LogP) is 5.29. The molecule has 35 heavy (non-hydrogen) atoms. The fourth-order valence-electron chi connectivity index (χ4n) is 4.10. The summed E-state index contributed by atoms with van der Waals surface area (Å²) < 4.78 is 7.51. The van der Waals surface area contributed by atoms with Gasteiger partial charge in [-0.1, -0.05) is 18.2 Å². The molecule has 7 nitrogen and oxygen atoms in total. The molecule has 0 fully saturated rings. The summed E-state index contributed by atoms with van der Waals surface area (Å²) in [6.45, 7) is 2.52. The van der Waals surface area contributed by atoms with Gasteiger partial charge in [-0.2, -0.15) is 0 Å². The second-order valence-corrected chi connectivity index (χ2v) is 9.26. The Morgan fingerprint density at radius 3 is 2.49 bits per heavy atom. The lowest BCUT2D eigenvalue weighted by atomic mass is 9.97. The van der Waals surface area contributed by atoms with Crippen LogP contribution in [0.4, 0.5) is 0 Å². The number of phenols is 1. The minimum absolute atomic E-state index is 0. The van der Waals surface area contributed by atoms with Crippen molar-refractivity contribution in [2.75, 3.05) is 20.7 Å². The second kappa shape index (κ2) is 11.6. The second-order valence-electron chi connectivity index (χ2n) is 8.21. The number of aryl methyl sites for hydroxylation is 1. The number of carbonyl (C=O) groups is 1. The number of fused-ring (bicyclic) bond motifs is 1. The summed E-state index contributed by atoms with van der Waals surface area (Å²) >= 11 is 1.66. The summed E-state index contributed by atoms with van der Waals surface area (Å²) in [7, 11) is 5.82. The molecule has 0 atom stereocenters. The van der Waals surface area contributed by atoms with Gasteiger partial charge in [0.15, 0.2) is 0 Å². The van der Waals surface area contributed by atoms with Gasteiger partial charge in [-0.3, -0.25) is 0 Å². The molecule has 0 aliphatic heterocycles. The van der Waals surface area contributed by atoms with Crippen molar-refractivity contribution in [2.24, 2.45) is 7.05 Å². The Hall–Kier alpha value is -3.07. The van der Waals surface area contributed by atoms with E-state index in [0.717, 1.165) is 21.5 Å². The van der Waals surface area contributed by atoms with Gasteiger partial charge in [0.05, 0.1) is 17.7 Å². The van der Waals surface area contributed by atoms with Crippen LogP contribution in [0.2, 0.25) is 0 Å². The van der Waals surface area contributed by atoms with Gasteiger partial charge in [0.25, 0.3) is 0 Å². The van der Waals surface area contributed by atoms with E-state index in [1.54, 1.807) is 31.1 Å². The van der Waals surface area contributed by atoms with E-state index in [2.05, 4.69) is 9.97 Å². The van der Waals surface area contributed by atoms with Crippen LogP contribution in [-0.4, -0.2) is 51.2 Å². The van der Waals surface area contributed by atoms with Crippen molar-refractivity contribution in [3.8, 4) is 16.9 Å². The SMILES string of the molecule is CCOC(=O)c1c(CSc2ccccc2)n(C)c2cc(-c3cncnc3)c(O)c(CN(C)C)c12.Cl. The van der Waals surface area contributed by atoms with Gasteiger partial charge < -0.3 is 19.3 Å². The van der Waals surface area contributed by atoms with Gasteiger partial charge in [0.2, 0.25) is 0 Å². The molecule has 9 heteroatoms. The zero-order chi connectivity index (χ0) is 24.2. The lowest BCUT2D eigenvalue weighted by molar-refractivity contribution is 0.0527. The molecule has 0 amide bonds. The third-order valence-corrected chi connectivity index (χ3v) is 6.65. The number of benzene rings is 2. The molecular weight excluding hydrogens is 484 g/mol. The Morgan fingerprint density at radius 1 is 1.17 bits per heavy atom. The molecule has 0 saturated carbocycles. The van der Waals surface area contributed by atoms with Gasteiger partial charge in [0.1, 0.15) is 12.1 Å². The van der Waals surface area contributed by atoms with E-state index >= 15 is 0 Å². The molecule has 184 valence electrons. The van der Waals surface area contributed by atoms with Crippen molar-refractivity contribution in [3.63, 3.8) is 0 Å². The molecule has 4 rings (SSSR count). The van der Waals surface area contributed by atoms with E-state index in [1.807, 2.05) is 67.0 Å². The molecule has 0 spiro atoms. The molecule has 2 aromatic carbocycles. The summed E-state index contributed by atoms with van der Waals surface area (Å²) in [5.74, 6) is 0.316. The van der Waals surface area contributed by atoms with Crippen molar-refractivity contribution in [3.05, 3.63) is 71.9 Å². The van der Waals surface area contributed by atoms with Gasteiger partial charge >= 0.3 is 5.97 Å². The third kappa shape index (κ3) is 5.45. The number of nitrogens with zero attached hydrogens (tertiary/aromatic N) is 4. The van der Waals surface area contributed by atoms with Crippen LogP contribution in [0.15, 0.2) is 60.0 Å². The molecule has 0 aliphatic carbocycles. The summed E-state index contributed by atoms with van der Waals surface area (Å²) in [5.41, 5.74) is 4.22. The van der Waals surface area contributed by atoms with Crippen molar-refractivity contribution in [1.82, 2.24) is 19.4 Å². The summed E-state index contributed by atoms with van der Waals surface area (Å²) in [6, 6.07) is 12.0. The van der Waals surface area contributed by atoms with Crippen LogP contribution in [0.5, 0.6) is 5.75 Å². The third-order valence-electron chi connectivity index (χ3n) is 5.63. The molecule has 1 N–H and O–H groups in total. The van der Waals surface area contributed by atoms with Gasteiger partial charge in [-0.15, -0.1) is 24.2 Å². The molecule has 2 aromatic heterocycles. The minimum Gasteiger partial charge on any atom is -0.507 e. The number of phenolic OH excluding ortho intramolecular Hbond substituents is 1. The van der Waals surface area contributed by atoms with Crippen LogP contribution in [0, 0.1) is 0 Å². The lowest BCUT2D eigenvalue weighted by Gasteiger charge is -2.17. The molecule has 4 aromatic rings. The standard InChI is InChI=1S/C26H28N4O3S.ClH/c1-5-33-26(32)24-22(15-34-18-9-7-6-8-10-18)30(4)21-11-19(17-12-27-16-28-13-17)25(31)20(23(21)24)14-29(2)3;/h6-13,16,31H,5,14-15H2,1-4H3;1H. The number of esters is 1. The highest BCUT2D eigenvalue weighted by molar-refractivity contribution is 7.98. The van der Waals surface area contributed by atoms with Crippen LogP contribution >= 0.6 is 24.2 Å². The fraction of sp³-hybridized carbons (Fsp3) is 0.269. The maximum Gasteiger partial charge on any atom is 0.340 e. The molecule has 0 saturated heterocycles. The zero-order valence-electron chi connectivity index (χ0n) is 20.2. The Balaban J connectivity index is 0.00000342. The highest BCUT2D eigenvalue weighted by Gasteiger charge is 2.28. The molecule has 0 aliphatic rings. The monoisotopic (exact) mass is 512 g/mol. The number of rotatable bonds is 8. The number of thioether (sulfide) groups is 1. The van der Waals surface area contributed by atoms with E-state index in [-0.39, 0.29) is 30.7 Å². The predicted molar refractivity (Wildman–Crippen MR) is 142 cm³/mol. The van der Waals surface area contributed by atoms with Crippen LogP contribution in [0.3, 0.4) is 0 Å². The number of aromatic hydroxyl groups is 1. The first-order chi connectivity index (χ1) is 16.4. The zero-order valence-corrected chi connectivity index (χ0v) is 21.8. The van der Waals surface area contributed by atoms with Gasteiger partial charge in [-0.25, -0.2) is 14.8 Å². The first-order valence-corrected chi connectivity index (χ1v) is 12.0. The summed E-state index contributed by atoms with van der Waals surface area (Å²) in [4.78, 5) is 24.6. The number of carbonyl (C=O) groups excluding carboxylic acids is 1. The Kier molecular flexibility index (Phi) is 8.77. The lowest BCUT2D eigenvalue weighted by Crippen LogP contribution is -2.13. The van der Waals surface area contributed by atoms with E-state index in [1.165, 1.54) is 6.33 Å². The number of halogens is 1. The smallest absolute Gasteiger partial charge is 0.340 e. The maximum atomic E-state index is 13.2. The van der Waals surface area contributed by atoms with Gasteiger partial charge in [0, 0.05) is 64.4 Å². The number of hydrogen-bond acceptors (Lipinski definition) is 7. The summed E-state index contributed by atoms with van der Waals surface area (Å²) in [6.07, 6.45) is 4.81. The van der Waals surface area contributed by atoms with Crippen LogP contribution in [0.25, 0.3) is 22.0 Å². The number of hydrogen-bond donors (Lipinski definition) is 1. The minimum atomic E-state index is -0.382. The first-order valence-electron chi connectivity index (χ1n) is 11.0. The summed E-state index contributed by atoms with van der Waals surface area (Å²) in [5, 5.41) is 12.1. The van der Waals surface area contributed by atoms with Crippen molar-refractivity contribution in [1.29, 1.82) is 0 Å². The fourth-order valence-corrected chi connectivity index (χ4v) is 5.09. The molecule has 0 unspecified atom stereocenters. The topological polar surface area (TPSA) is 80.5 Å². The normalized spacial score (nSPS) is 11.0. The average Bonchev–Trinajstić information content (AvgIpc) is 3.12.